The van der Waals surface area contributed by atoms with Crippen LogP contribution in [0, 0.1) is 5.92 Å². The number of hydrogen-bond acceptors (Lipinski definition) is 2. The van der Waals surface area contributed by atoms with Gasteiger partial charge in [-0.1, -0.05) is 6.92 Å². The summed E-state index contributed by atoms with van der Waals surface area (Å²) in [5.41, 5.74) is 0. The average Bonchev–Trinajstić information content (AvgIpc) is 2.51. The second-order valence-corrected chi connectivity index (χ2v) is 3.96. The molecule has 0 aromatic heterocycles. The molecule has 0 bridgehead atoms. The second-order valence-electron chi connectivity index (χ2n) is 3.96. The minimum Gasteiger partial charge on any atom is -0.353 e. The number of carbonyl (C=O) groups excluding carboxylic acids is 1. The Morgan fingerprint density at radius 1 is 1.69 bits per heavy atom. The van der Waals surface area contributed by atoms with Crippen molar-refractivity contribution in [1.29, 1.82) is 0 Å². The third kappa shape index (κ3) is 2.69. The van der Waals surface area contributed by atoms with Crippen molar-refractivity contribution in [1.82, 2.24) is 10.6 Å². The molecular weight excluding hydrogens is 164 g/mol. The SMILES string of the molecule is CCC(C)NC(=O)C1CCNC1C. The molecule has 0 saturated carbocycles. The van der Waals surface area contributed by atoms with E-state index in [9.17, 15) is 4.79 Å². The van der Waals surface area contributed by atoms with Gasteiger partial charge in [-0.25, -0.2) is 0 Å². The van der Waals surface area contributed by atoms with Gasteiger partial charge in [0, 0.05) is 12.1 Å². The molecule has 2 N–H and O–H groups in total. The smallest absolute Gasteiger partial charge is 0.224 e. The molecule has 1 aliphatic rings. The topological polar surface area (TPSA) is 41.1 Å². The van der Waals surface area contributed by atoms with E-state index >= 15 is 0 Å². The predicted octanol–water partition coefficient (Wildman–Crippen LogP) is 0.899. The maximum Gasteiger partial charge on any atom is 0.224 e. The lowest BCUT2D eigenvalue weighted by Crippen LogP contribution is -2.40. The van der Waals surface area contributed by atoms with Crippen molar-refractivity contribution >= 4 is 5.91 Å². The van der Waals surface area contributed by atoms with Crippen LogP contribution in [0.15, 0.2) is 0 Å². The van der Waals surface area contributed by atoms with E-state index < -0.39 is 0 Å². The third-order valence-electron chi connectivity index (χ3n) is 2.86. The Bertz CT molecular complexity index is 182. The van der Waals surface area contributed by atoms with Crippen molar-refractivity contribution in [2.24, 2.45) is 5.92 Å². The molecule has 1 heterocycles. The first-order chi connectivity index (χ1) is 6.15. The molecule has 0 radical (unpaired) electrons. The minimum atomic E-state index is 0.175. The molecule has 1 saturated heterocycles. The molecule has 0 aromatic rings. The van der Waals surface area contributed by atoms with Crippen LogP contribution in [0.4, 0.5) is 0 Å². The zero-order valence-electron chi connectivity index (χ0n) is 8.76. The van der Waals surface area contributed by atoms with Crippen molar-refractivity contribution in [3.8, 4) is 0 Å². The monoisotopic (exact) mass is 184 g/mol. The fraction of sp³-hybridized carbons (Fsp3) is 0.900. The van der Waals surface area contributed by atoms with Crippen molar-refractivity contribution in [2.75, 3.05) is 6.54 Å². The fourth-order valence-corrected chi connectivity index (χ4v) is 1.67. The van der Waals surface area contributed by atoms with Gasteiger partial charge in [-0.05, 0) is 33.2 Å². The Balaban J connectivity index is 2.38. The highest BCUT2D eigenvalue weighted by Crippen LogP contribution is 2.15. The van der Waals surface area contributed by atoms with Gasteiger partial charge in [-0.15, -0.1) is 0 Å². The highest BCUT2D eigenvalue weighted by atomic mass is 16.2. The molecule has 1 fully saturated rings. The van der Waals surface area contributed by atoms with E-state index in [1.165, 1.54) is 0 Å². The molecule has 0 spiro atoms. The fourth-order valence-electron chi connectivity index (χ4n) is 1.67. The lowest BCUT2D eigenvalue weighted by atomic mass is 10.0. The normalized spacial score (nSPS) is 30.1. The molecule has 1 rings (SSSR count). The lowest BCUT2D eigenvalue weighted by Gasteiger charge is -2.18. The number of amides is 1. The van der Waals surface area contributed by atoms with Crippen molar-refractivity contribution in [2.45, 2.75) is 45.7 Å². The van der Waals surface area contributed by atoms with Crippen LogP contribution in [0.1, 0.15) is 33.6 Å². The predicted molar refractivity (Wildman–Crippen MR) is 53.5 cm³/mol. The molecule has 76 valence electrons. The Hall–Kier alpha value is -0.570. The zero-order valence-corrected chi connectivity index (χ0v) is 8.76. The molecule has 3 nitrogen and oxygen atoms in total. The number of carbonyl (C=O) groups is 1. The molecule has 0 aliphatic carbocycles. The van der Waals surface area contributed by atoms with Gasteiger partial charge >= 0.3 is 0 Å². The van der Waals surface area contributed by atoms with Crippen LogP contribution in [-0.4, -0.2) is 24.5 Å². The zero-order chi connectivity index (χ0) is 9.84. The Morgan fingerprint density at radius 3 is 2.85 bits per heavy atom. The summed E-state index contributed by atoms with van der Waals surface area (Å²) < 4.78 is 0. The highest BCUT2D eigenvalue weighted by Gasteiger charge is 2.29. The molecule has 0 aromatic carbocycles. The summed E-state index contributed by atoms with van der Waals surface area (Å²) in [6.45, 7) is 7.18. The molecule has 1 amide bonds. The van der Waals surface area contributed by atoms with Crippen LogP contribution in [0.2, 0.25) is 0 Å². The van der Waals surface area contributed by atoms with E-state index in [1.54, 1.807) is 0 Å². The van der Waals surface area contributed by atoms with Crippen molar-refractivity contribution < 1.29 is 4.79 Å². The first kappa shape index (κ1) is 10.5. The molecule has 1 aliphatic heterocycles. The Labute approximate surface area is 80.3 Å². The Kier molecular flexibility index (Phi) is 3.72. The largest absolute Gasteiger partial charge is 0.353 e. The summed E-state index contributed by atoms with van der Waals surface area (Å²) in [6.07, 6.45) is 1.98. The minimum absolute atomic E-state index is 0.175. The van der Waals surface area contributed by atoms with E-state index in [1.807, 2.05) is 6.92 Å². The quantitative estimate of drug-likeness (QED) is 0.684. The van der Waals surface area contributed by atoms with Gasteiger partial charge in [0.25, 0.3) is 0 Å². The van der Waals surface area contributed by atoms with Crippen molar-refractivity contribution in [3.63, 3.8) is 0 Å². The highest BCUT2D eigenvalue weighted by molar-refractivity contribution is 5.79. The maximum absolute atomic E-state index is 11.7. The van der Waals surface area contributed by atoms with Crippen LogP contribution < -0.4 is 10.6 Å². The summed E-state index contributed by atoms with van der Waals surface area (Å²) >= 11 is 0. The molecule has 3 unspecified atom stereocenters. The summed E-state index contributed by atoms with van der Waals surface area (Å²) in [5, 5.41) is 6.30. The second kappa shape index (κ2) is 4.61. The van der Waals surface area contributed by atoms with Gasteiger partial charge in [0.15, 0.2) is 0 Å². The van der Waals surface area contributed by atoms with Gasteiger partial charge < -0.3 is 10.6 Å². The van der Waals surface area contributed by atoms with Crippen LogP contribution >= 0.6 is 0 Å². The van der Waals surface area contributed by atoms with E-state index in [4.69, 9.17) is 0 Å². The average molecular weight is 184 g/mol. The summed E-state index contributed by atoms with van der Waals surface area (Å²) in [4.78, 5) is 11.7. The molecular formula is C10H20N2O. The van der Waals surface area contributed by atoms with Crippen LogP contribution in [0.5, 0.6) is 0 Å². The van der Waals surface area contributed by atoms with E-state index in [0.717, 1.165) is 19.4 Å². The van der Waals surface area contributed by atoms with E-state index in [0.29, 0.717) is 12.1 Å². The number of rotatable bonds is 3. The molecule has 3 heteroatoms. The first-order valence-electron chi connectivity index (χ1n) is 5.19. The summed E-state index contributed by atoms with van der Waals surface area (Å²) in [6, 6.07) is 0.643. The first-order valence-corrected chi connectivity index (χ1v) is 5.19. The molecule has 13 heavy (non-hydrogen) atoms. The number of hydrogen-bond donors (Lipinski definition) is 2. The van der Waals surface area contributed by atoms with E-state index in [2.05, 4.69) is 24.5 Å². The van der Waals surface area contributed by atoms with E-state index in [-0.39, 0.29) is 11.8 Å². The van der Waals surface area contributed by atoms with Crippen LogP contribution in [0.25, 0.3) is 0 Å². The van der Waals surface area contributed by atoms with Gasteiger partial charge in [0.2, 0.25) is 5.91 Å². The van der Waals surface area contributed by atoms with Gasteiger partial charge in [0.05, 0.1) is 5.92 Å². The summed E-state index contributed by atoms with van der Waals surface area (Å²) in [5.74, 6) is 0.390. The van der Waals surface area contributed by atoms with Crippen LogP contribution in [-0.2, 0) is 4.79 Å². The van der Waals surface area contributed by atoms with Crippen LogP contribution in [0.3, 0.4) is 0 Å². The Morgan fingerprint density at radius 2 is 2.38 bits per heavy atom. The summed E-state index contributed by atoms with van der Waals surface area (Å²) in [7, 11) is 0. The van der Waals surface area contributed by atoms with Gasteiger partial charge in [-0.3, -0.25) is 4.79 Å². The molecule has 3 atom stereocenters. The lowest BCUT2D eigenvalue weighted by molar-refractivity contribution is -0.125. The number of nitrogens with one attached hydrogen (secondary N) is 2. The standard InChI is InChI=1S/C10H20N2O/c1-4-7(2)12-10(13)9-5-6-11-8(9)3/h7-9,11H,4-6H2,1-3H3,(H,12,13). The van der Waals surface area contributed by atoms with Crippen molar-refractivity contribution in [3.05, 3.63) is 0 Å². The van der Waals surface area contributed by atoms with Gasteiger partial charge in [0.1, 0.15) is 0 Å². The maximum atomic E-state index is 11.7. The third-order valence-corrected chi connectivity index (χ3v) is 2.86. The van der Waals surface area contributed by atoms with Gasteiger partial charge in [-0.2, -0.15) is 0 Å².